The molecular formula is C24H23NO7. The lowest BCUT2D eigenvalue weighted by Crippen LogP contribution is -2.15. The van der Waals surface area contributed by atoms with Crippen molar-refractivity contribution in [3.8, 4) is 23.0 Å². The van der Waals surface area contributed by atoms with E-state index in [1.165, 1.54) is 40.6 Å². The fourth-order valence-electron chi connectivity index (χ4n) is 3.47. The van der Waals surface area contributed by atoms with Gasteiger partial charge in [-0.05, 0) is 41.5 Å². The van der Waals surface area contributed by atoms with Crippen molar-refractivity contribution in [2.24, 2.45) is 0 Å². The minimum Gasteiger partial charge on any atom is -0.493 e. The Morgan fingerprint density at radius 3 is 1.75 bits per heavy atom. The normalized spacial score (nSPS) is 11.4. The third-order valence-corrected chi connectivity index (χ3v) is 5.11. The van der Waals surface area contributed by atoms with Crippen molar-refractivity contribution >= 4 is 11.5 Å². The van der Waals surface area contributed by atoms with Gasteiger partial charge in [0.1, 0.15) is 0 Å². The van der Waals surface area contributed by atoms with Crippen molar-refractivity contribution in [1.29, 1.82) is 0 Å². The number of hydrogen-bond acceptors (Lipinski definition) is 7. The first-order chi connectivity index (χ1) is 15.4. The quantitative estimate of drug-likeness (QED) is 0.273. The van der Waals surface area contributed by atoms with E-state index in [1.807, 2.05) is 0 Å². The molecule has 0 aromatic heterocycles. The average molecular weight is 437 g/mol. The molecule has 3 aromatic carbocycles. The van der Waals surface area contributed by atoms with Crippen LogP contribution >= 0.6 is 0 Å². The molecule has 3 rings (SSSR count). The van der Waals surface area contributed by atoms with Gasteiger partial charge in [0.2, 0.25) is 0 Å². The minimum absolute atomic E-state index is 0.0571. The lowest BCUT2D eigenvalue weighted by molar-refractivity contribution is -0.384. The first-order valence-corrected chi connectivity index (χ1v) is 9.66. The SMILES string of the molecule is COc1ccc(C(=O)C(c2ccc([N+](=O)[O-])cc2)c2ccc(OC)c(OC)c2)cc1OC. The van der Waals surface area contributed by atoms with Crippen LogP contribution < -0.4 is 18.9 Å². The van der Waals surface area contributed by atoms with Gasteiger partial charge in [-0.15, -0.1) is 0 Å². The first-order valence-electron chi connectivity index (χ1n) is 9.66. The number of carbonyl (C=O) groups excluding carboxylic acids is 1. The number of benzene rings is 3. The van der Waals surface area contributed by atoms with E-state index in [-0.39, 0.29) is 11.5 Å². The smallest absolute Gasteiger partial charge is 0.269 e. The number of nitrogens with zero attached hydrogens (tertiary/aromatic N) is 1. The Balaban J connectivity index is 2.14. The molecule has 1 atom stereocenters. The van der Waals surface area contributed by atoms with E-state index in [9.17, 15) is 14.9 Å². The van der Waals surface area contributed by atoms with E-state index in [2.05, 4.69) is 0 Å². The van der Waals surface area contributed by atoms with Gasteiger partial charge in [-0.3, -0.25) is 14.9 Å². The van der Waals surface area contributed by atoms with Crippen molar-refractivity contribution < 1.29 is 28.7 Å². The Labute approximate surface area is 185 Å². The second kappa shape index (κ2) is 9.82. The maximum Gasteiger partial charge on any atom is 0.269 e. The number of ether oxygens (including phenoxy) is 4. The number of non-ortho nitro benzene ring substituents is 1. The number of rotatable bonds is 9. The summed E-state index contributed by atoms with van der Waals surface area (Å²) in [5, 5.41) is 11.1. The van der Waals surface area contributed by atoms with Crippen LogP contribution in [0.15, 0.2) is 60.7 Å². The van der Waals surface area contributed by atoms with Crippen LogP contribution in [0.3, 0.4) is 0 Å². The van der Waals surface area contributed by atoms with Crippen LogP contribution in [0.5, 0.6) is 23.0 Å². The molecule has 3 aromatic rings. The zero-order valence-corrected chi connectivity index (χ0v) is 18.2. The second-order valence-electron chi connectivity index (χ2n) is 6.83. The molecule has 0 bridgehead atoms. The van der Waals surface area contributed by atoms with E-state index in [0.717, 1.165) is 0 Å². The van der Waals surface area contributed by atoms with Crippen molar-refractivity contribution in [3.63, 3.8) is 0 Å². The van der Waals surface area contributed by atoms with Gasteiger partial charge in [0.05, 0.1) is 39.3 Å². The fraction of sp³-hybridized carbons (Fsp3) is 0.208. The predicted octanol–water partition coefficient (Wildman–Crippen LogP) is 4.64. The third kappa shape index (κ3) is 4.49. The van der Waals surface area contributed by atoms with Gasteiger partial charge < -0.3 is 18.9 Å². The number of Topliss-reactive ketones (excluding diaryl/α,β-unsaturated/α-hetero) is 1. The summed E-state index contributed by atoms with van der Waals surface area (Å²) in [5.41, 5.74) is 1.60. The van der Waals surface area contributed by atoms with E-state index < -0.39 is 10.8 Å². The van der Waals surface area contributed by atoms with E-state index in [0.29, 0.717) is 39.7 Å². The molecule has 0 amide bonds. The van der Waals surface area contributed by atoms with Gasteiger partial charge in [0.15, 0.2) is 28.8 Å². The molecule has 1 unspecified atom stereocenters. The van der Waals surface area contributed by atoms with E-state index >= 15 is 0 Å². The highest BCUT2D eigenvalue weighted by Gasteiger charge is 2.27. The Bertz CT molecular complexity index is 1130. The number of hydrogen-bond donors (Lipinski definition) is 0. The van der Waals surface area contributed by atoms with Crippen LogP contribution in [0.2, 0.25) is 0 Å². The van der Waals surface area contributed by atoms with Gasteiger partial charge in [-0.2, -0.15) is 0 Å². The molecular weight excluding hydrogens is 414 g/mol. The van der Waals surface area contributed by atoms with E-state index in [4.69, 9.17) is 18.9 Å². The highest BCUT2D eigenvalue weighted by molar-refractivity contribution is 6.03. The Morgan fingerprint density at radius 1 is 0.719 bits per heavy atom. The molecule has 0 spiro atoms. The largest absolute Gasteiger partial charge is 0.493 e. The molecule has 166 valence electrons. The predicted molar refractivity (Wildman–Crippen MR) is 118 cm³/mol. The molecule has 0 heterocycles. The van der Waals surface area contributed by atoms with Gasteiger partial charge in [-0.1, -0.05) is 18.2 Å². The monoisotopic (exact) mass is 437 g/mol. The number of methoxy groups -OCH3 is 4. The van der Waals surface area contributed by atoms with Crippen LogP contribution in [0.1, 0.15) is 27.4 Å². The lowest BCUT2D eigenvalue weighted by Gasteiger charge is -2.19. The lowest BCUT2D eigenvalue weighted by atomic mass is 9.84. The molecule has 0 aliphatic carbocycles. The summed E-state index contributed by atoms with van der Waals surface area (Å²) in [6.45, 7) is 0. The van der Waals surface area contributed by atoms with Gasteiger partial charge in [0, 0.05) is 17.7 Å². The fourth-order valence-corrected chi connectivity index (χ4v) is 3.47. The molecule has 0 saturated heterocycles. The first kappa shape index (κ1) is 22.6. The van der Waals surface area contributed by atoms with Crippen LogP contribution in [0.25, 0.3) is 0 Å². The maximum atomic E-state index is 13.7. The summed E-state index contributed by atoms with van der Waals surface area (Å²) >= 11 is 0. The Kier molecular flexibility index (Phi) is 6.94. The summed E-state index contributed by atoms with van der Waals surface area (Å²) in [6, 6.07) is 16.1. The van der Waals surface area contributed by atoms with Crippen molar-refractivity contribution in [1.82, 2.24) is 0 Å². The van der Waals surface area contributed by atoms with Gasteiger partial charge >= 0.3 is 0 Å². The zero-order valence-electron chi connectivity index (χ0n) is 18.2. The molecule has 8 nitrogen and oxygen atoms in total. The number of ketones is 1. The molecule has 32 heavy (non-hydrogen) atoms. The summed E-state index contributed by atoms with van der Waals surface area (Å²) in [7, 11) is 6.05. The highest BCUT2D eigenvalue weighted by Crippen LogP contribution is 2.37. The van der Waals surface area contributed by atoms with Crippen LogP contribution in [0, 0.1) is 10.1 Å². The molecule has 0 aliphatic rings. The minimum atomic E-state index is -0.742. The standard InChI is InChI=1S/C24H23NO7/c1-29-19-11-7-16(13-21(19)31-3)23(15-5-9-18(10-6-15)25(27)28)24(26)17-8-12-20(30-2)22(14-17)32-4/h5-14,23H,1-4H3. The van der Waals surface area contributed by atoms with Gasteiger partial charge in [0.25, 0.3) is 5.69 Å². The molecule has 0 radical (unpaired) electrons. The van der Waals surface area contributed by atoms with Crippen LogP contribution in [-0.4, -0.2) is 39.1 Å². The Hall–Kier alpha value is -4.07. The molecule has 8 heteroatoms. The molecule has 0 saturated carbocycles. The summed E-state index contributed by atoms with van der Waals surface area (Å²) < 4.78 is 21.3. The van der Waals surface area contributed by atoms with Crippen molar-refractivity contribution in [3.05, 3.63) is 87.5 Å². The highest BCUT2D eigenvalue weighted by atomic mass is 16.6. The Morgan fingerprint density at radius 2 is 1.22 bits per heavy atom. The molecule has 0 fully saturated rings. The number of nitro benzene ring substituents is 1. The van der Waals surface area contributed by atoms with Gasteiger partial charge in [-0.25, -0.2) is 0 Å². The topological polar surface area (TPSA) is 97.1 Å². The second-order valence-corrected chi connectivity index (χ2v) is 6.83. The summed E-state index contributed by atoms with van der Waals surface area (Å²) in [5.74, 6) is 0.963. The summed E-state index contributed by atoms with van der Waals surface area (Å²) in [6.07, 6.45) is 0. The third-order valence-electron chi connectivity index (χ3n) is 5.11. The van der Waals surface area contributed by atoms with Crippen molar-refractivity contribution in [2.45, 2.75) is 5.92 Å². The maximum absolute atomic E-state index is 13.7. The molecule has 0 N–H and O–H groups in total. The van der Waals surface area contributed by atoms with Crippen LogP contribution in [-0.2, 0) is 0 Å². The summed E-state index contributed by atoms with van der Waals surface area (Å²) in [4.78, 5) is 24.3. The van der Waals surface area contributed by atoms with E-state index in [1.54, 1.807) is 48.5 Å². The average Bonchev–Trinajstić information content (AvgIpc) is 2.83. The number of nitro groups is 1. The zero-order chi connectivity index (χ0) is 23.3. The van der Waals surface area contributed by atoms with Crippen LogP contribution in [0.4, 0.5) is 5.69 Å². The van der Waals surface area contributed by atoms with Crippen molar-refractivity contribution in [2.75, 3.05) is 28.4 Å². The molecule has 0 aliphatic heterocycles. The number of carbonyl (C=O) groups is 1.